The summed E-state index contributed by atoms with van der Waals surface area (Å²) in [6.45, 7) is -0.327. The summed E-state index contributed by atoms with van der Waals surface area (Å²) < 4.78 is -0.857. The minimum atomic E-state index is -0.915. The van der Waals surface area contributed by atoms with E-state index in [9.17, 15) is 19.5 Å². The maximum atomic E-state index is 14.5. The molecule has 212 valence electrons. The highest BCUT2D eigenvalue weighted by molar-refractivity contribution is 9.09. The van der Waals surface area contributed by atoms with Crippen molar-refractivity contribution >= 4 is 68.4 Å². The van der Waals surface area contributed by atoms with Crippen LogP contribution in [0.15, 0.2) is 84.9 Å². The summed E-state index contributed by atoms with van der Waals surface area (Å²) in [6, 6.07) is 24.1. The van der Waals surface area contributed by atoms with Crippen LogP contribution in [0.25, 0.3) is 0 Å². The van der Waals surface area contributed by atoms with Crippen molar-refractivity contribution in [3.05, 3.63) is 95.5 Å². The van der Waals surface area contributed by atoms with E-state index >= 15 is 0 Å². The number of aliphatic hydroxyl groups excluding tert-OH is 1. The second kappa shape index (κ2) is 11.4. The number of hydrogen-bond donors (Lipinski definition) is 3. The number of amides is 3. The van der Waals surface area contributed by atoms with Crippen molar-refractivity contribution in [2.24, 2.45) is 11.8 Å². The number of likely N-dealkylation sites (tertiary alicyclic amines) is 1. The minimum Gasteiger partial charge on any atom is -0.394 e. The summed E-state index contributed by atoms with van der Waals surface area (Å²) in [6.07, 6.45) is 0.906. The molecule has 2 bridgehead atoms. The maximum absolute atomic E-state index is 14.5. The molecular weight excluding hydrogens is 626 g/mol. The molecule has 3 fully saturated rings. The first-order valence-electron chi connectivity index (χ1n) is 13.5. The van der Waals surface area contributed by atoms with Crippen molar-refractivity contribution in [3.63, 3.8) is 0 Å². The number of para-hydroxylation sites is 2. The molecular formula is C31H29BrClN3O4S. The normalized spacial score (nSPS) is 28.8. The van der Waals surface area contributed by atoms with Gasteiger partial charge >= 0.3 is 0 Å². The lowest BCUT2D eigenvalue weighted by Crippen LogP contribution is -2.55. The molecule has 1 spiro atoms. The van der Waals surface area contributed by atoms with Crippen LogP contribution in [0.5, 0.6) is 0 Å². The quantitative estimate of drug-likeness (QED) is 0.298. The highest BCUT2D eigenvalue weighted by Gasteiger charge is 2.76. The fraction of sp³-hybridized carbons (Fsp3) is 0.323. The number of carbonyl (C=O) groups is 3. The molecule has 3 amide bonds. The zero-order valence-corrected chi connectivity index (χ0v) is 25.1. The van der Waals surface area contributed by atoms with Crippen LogP contribution < -0.4 is 10.6 Å². The largest absolute Gasteiger partial charge is 0.394 e. The second-order valence-corrected chi connectivity index (χ2v) is 13.9. The number of alkyl halides is 1. The third kappa shape index (κ3) is 4.96. The molecule has 3 aliphatic heterocycles. The average molecular weight is 655 g/mol. The lowest BCUT2D eigenvalue weighted by molar-refractivity contribution is -0.141. The summed E-state index contributed by atoms with van der Waals surface area (Å²) in [5.41, 5.74) is 2.03. The minimum absolute atomic E-state index is 0.0691. The SMILES string of the molecule is O=C(Nc1ccccc1Cl)C1N([C@@H](CO)Cc2ccccc2)C(=O)[C@@H]2[C@@H](C(=O)Nc3ccccc3)[C@@H]3SC12CC3Br. The molecule has 10 heteroatoms. The lowest BCUT2D eigenvalue weighted by atomic mass is 9.70. The Labute approximate surface area is 256 Å². The van der Waals surface area contributed by atoms with Gasteiger partial charge in [0.2, 0.25) is 17.7 Å². The van der Waals surface area contributed by atoms with E-state index in [1.165, 1.54) is 0 Å². The molecule has 0 saturated carbocycles. The van der Waals surface area contributed by atoms with Gasteiger partial charge in [0, 0.05) is 15.8 Å². The summed E-state index contributed by atoms with van der Waals surface area (Å²) in [5.74, 6) is -2.27. The molecule has 6 rings (SSSR count). The van der Waals surface area contributed by atoms with Crippen LogP contribution in [0, 0.1) is 11.8 Å². The van der Waals surface area contributed by atoms with Crippen LogP contribution in [-0.4, -0.2) is 61.2 Å². The van der Waals surface area contributed by atoms with Gasteiger partial charge in [0.25, 0.3) is 0 Å². The molecule has 41 heavy (non-hydrogen) atoms. The van der Waals surface area contributed by atoms with Crippen LogP contribution in [-0.2, 0) is 20.8 Å². The number of thioether (sulfide) groups is 1. The molecule has 0 aromatic heterocycles. The van der Waals surface area contributed by atoms with E-state index in [1.807, 2.05) is 60.7 Å². The molecule has 3 saturated heterocycles. The van der Waals surface area contributed by atoms with Gasteiger partial charge in [-0.25, -0.2) is 0 Å². The molecule has 3 N–H and O–H groups in total. The summed E-state index contributed by atoms with van der Waals surface area (Å²) in [5, 5.41) is 16.8. The van der Waals surface area contributed by atoms with Crippen molar-refractivity contribution in [2.75, 3.05) is 17.2 Å². The van der Waals surface area contributed by atoms with Gasteiger partial charge in [-0.15, -0.1) is 11.8 Å². The molecule has 3 aromatic rings. The van der Waals surface area contributed by atoms with E-state index in [0.29, 0.717) is 29.2 Å². The van der Waals surface area contributed by atoms with Crippen molar-refractivity contribution in [1.82, 2.24) is 4.90 Å². The average Bonchev–Trinajstić information content (AvgIpc) is 3.57. The van der Waals surface area contributed by atoms with Crippen LogP contribution in [0.1, 0.15) is 12.0 Å². The van der Waals surface area contributed by atoms with Gasteiger partial charge in [0.15, 0.2) is 0 Å². The Morgan fingerprint density at radius 1 is 1.00 bits per heavy atom. The summed E-state index contributed by atoms with van der Waals surface area (Å²) in [4.78, 5) is 44.0. The van der Waals surface area contributed by atoms with Crippen LogP contribution in [0.3, 0.4) is 0 Å². The lowest BCUT2D eigenvalue weighted by Gasteiger charge is -2.37. The van der Waals surface area contributed by atoms with E-state index in [2.05, 4.69) is 26.6 Å². The van der Waals surface area contributed by atoms with E-state index in [4.69, 9.17) is 11.6 Å². The zero-order valence-electron chi connectivity index (χ0n) is 22.0. The van der Waals surface area contributed by atoms with Gasteiger partial charge < -0.3 is 20.6 Å². The number of rotatable bonds is 8. The first-order chi connectivity index (χ1) is 19.8. The van der Waals surface area contributed by atoms with Gasteiger partial charge in [-0.3, -0.25) is 14.4 Å². The molecule has 3 aromatic carbocycles. The van der Waals surface area contributed by atoms with E-state index in [-0.39, 0.29) is 34.4 Å². The fourth-order valence-corrected chi connectivity index (χ4v) is 10.5. The standard InChI is InChI=1S/C31H29BrClN3O4S/c32-21-16-31-25(24(26(21)41-31)28(38)34-19-11-5-2-6-12-19)30(40)36(20(17-37)15-18-9-3-1-4-10-18)27(31)29(39)35-23-14-8-7-13-22(23)33/h1-14,20-21,24-27,37H,15-17H2,(H,34,38)(H,35,39)/t20-,21?,24-,25+,26-,27?,31?/m1/s1. The number of benzene rings is 3. The van der Waals surface area contributed by atoms with Crippen molar-refractivity contribution < 1.29 is 19.5 Å². The first-order valence-corrected chi connectivity index (χ1v) is 15.7. The predicted molar refractivity (Wildman–Crippen MR) is 165 cm³/mol. The number of fused-ring (bicyclic) bond motifs is 1. The number of hydrogen-bond acceptors (Lipinski definition) is 5. The second-order valence-electron chi connectivity index (χ2n) is 10.8. The van der Waals surface area contributed by atoms with Gasteiger partial charge in [0.1, 0.15) is 6.04 Å². The molecule has 3 aliphatic rings. The number of carbonyl (C=O) groups excluding carboxylic acids is 3. The molecule has 0 radical (unpaired) electrons. The Balaban J connectivity index is 1.40. The first kappa shape index (κ1) is 28.3. The molecule has 7 nitrogen and oxygen atoms in total. The van der Waals surface area contributed by atoms with Gasteiger partial charge in [-0.05, 0) is 42.7 Å². The van der Waals surface area contributed by atoms with E-state index in [0.717, 1.165) is 5.56 Å². The van der Waals surface area contributed by atoms with Gasteiger partial charge in [0.05, 0.1) is 39.9 Å². The summed E-state index contributed by atoms with van der Waals surface area (Å²) >= 11 is 11.7. The molecule has 3 unspecified atom stereocenters. The number of nitrogens with one attached hydrogen (secondary N) is 2. The number of aliphatic hydroxyl groups is 1. The van der Waals surface area contributed by atoms with E-state index < -0.39 is 28.7 Å². The van der Waals surface area contributed by atoms with Gasteiger partial charge in [-0.2, -0.15) is 0 Å². The van der Waals surface area contributed by atoms with Gasteiger partial charge in [-0.1, -0.05) is 88.2 Å². The molecule has 7 atom stereocenters. The Morgan fingerprint density at radius 2 is 1.66 bits per heavy atom. The molecule has 3 heterocycles. The third-order valence-corrected chi connectivity index (χ3v) is 11.9. The van der Waals surface area contributed by atoms with Crippen molar-refractivity contribution in [1.29, 1.82) is 0 Å². The number of nitrogens with zero attached hydrogens (tertiary/aromatic N) is 1. The number of halogens is 2. The van der Waals surface area contributed by atoms with Crippen LogP contribution in [0.4, 0.5) is 11.4 Å². The number of anilines is 2. The van der Waals surface area contributed by atoms with Crippen LogP contribution in [0.2, 0.25) is 5.02 Å². The third-order valence-electron chi connectivity index (χ3n) is 8.37. The monoisotopic (exact) mass is 653 g/mol. The maximum Gasteiger partial charge on any atom is 0.248 e. The highest BCUT2D eigenvalue weighted by atomic mass is 79.9. The fourth-order valence-electron chi connectivity index (χ4n) is 6.71. The van der Waals surface area contributed by atoms with E-state index in [1.54, 1.807) is 40.9 Å². The Morgan fingerprint density at radius 3 is 2.34 bits per heavy atom. The Hall–Kier alpha value is -2.85. The smallest absolute Gasteiger partial charge is 0.248 e. The topological polar surface area (TPSA) is 98.7 Å². The summed E-state index contributed by atoms with van der Waals surface area (Å²) in [7, 11) is 0. The van der Waals surface area contributed by atoms with Crippen molar-refractivity contribution in [3.8, 4) is 0 Å². The highest BCUT2D eigenvalue weighted by Crippen LogP contribution is 2.68. The predicted octanol–water partition coefficient (Wildman–Crippen LogP) is 4.99. The molecule has 0 aliphatic carbocycles. The Bertz CT molecular complexity index is 1460. The Kier molecular flexibility index (Phi) is 7.89. The van der Waals surface area contributed by atoms with Crippen molar-refractivity contribution in [2.45, 2.75) is 39.7 Å². The zero-order chi connectivity index (χ0) is 28.7. The van der Waals surface area contributed by atoms with Crippen LogP contribution >= 0.6 is 39.3 Å².